The minimum absolute atomic E-state index is 1.12. The van der Waals surface area contributed by atoms with Gasteiger partial charge in [0, 0.05) is 15.8 Å². The third kappa shape index (κ3) is 5.14. The Morgan fingerprint density at radius 2 is 1.73 bits per heavy atom. The maximum absolute atomic E-state index is 2.33. The molecule has 0 aliphatic rings. The Kier molecular flexibility index (Phi) is 5.06. The van der Waals surface area contributed by atoms with Crippen LogP contribution in [-0.4, -0.2) is 35.4 Å². The Hall–Kier alpha value is -0.603. The summed E-state index contributed by atoms with van der Waals surface area (Å²) in [5.74, 6) is 0. The van der Waals surface area contributed by atoms with Gasteiger partial charge in [-0.05, 0) is 6.42 Å². The summed E-state index contributed by atoms with van der Waals surface area (Å²) in [7, 11) is 6.03. The van der Waals surface area contributed by atoms with Crippen molar-refractivity contribution < 1.29 is 4.48 Å². The molecule has 0 saturated carbocycles. The van der Waals surface area contributed by atoms with E-state index in [1.807, 2.05) is 0 Å². The van der Waals surface area contributed by atoms with Crippen molar-refractivity contribution in [1.82, 2.24) is 0 Å². The molecule has 0 bridgehead atoms. The number of benzene rings is 1. The van der Waals surface area contributed by atoms with Gasteiger partial charge in [-0.2, -0.15) is 0 Å². The van der Waals surface area contributed by atoms with Crippen LogP contribution in [0.4, 0.5) is 0 Å². The highest BCUT2D eigenvalue weighted by molar-refractivity contribution is 6.08. The zero-order valence-corrected chi connectivity index (χ0v) is 12.4. The van der Waals surface area contributed by atoms with Crippen LogP contribution in [0, 0.1) is 0 Å². The van der Waals surface area contributed by atoms with E-state index in [9.17, 15) is 0 Å². The smallest absolute Gasteiger partial charge is 0.104 e. The fourth-order valence-corrected chi connectivity index (χ4v) is 2.45. The highest BCUT2D eigenvalue weighted by Gasteiger charge is 2.14. The van der Waals surface area contributed by atoms with Crippen LogP contribution in [0.25, 0.3) is 0 Å². The third-order valence-electron chi connectivity index (χ3n) is 2.82. The molecule has 0 aliphatic carbocycles. The van der Waals surface area contributed by atoms with E-state index >= 15 is 0 Å². The lowest BCUT2D eigenvalue weighted by molar-refractivity contribution is -0.903. The Bertz CT molecular complexity index is 269. The van der Waals surface area contributed by atoms with Crippen molar-refractivity contribution in [2.75, 3.05) is 20.6 Å². The van der Waals surface area contributed by atoms with Crippen molar-refractivity contribution in [2.24, 2.45) is 0 Å². The lowest BCUT2D eigenvalue weighted by Gasteiger charge is -2.30. The molecule has 1 nitrogen and oxygen atoms in total. The number of rotatable bonds is 6. The number of hydrogen-bond donors (Lipinski definition) is 0. The summed E-state index contributed by atoms with van der Waals surface area (Å²) in [5, 5.41) is 0. The number of hydrogen-bond acceptors (Lipinski definition) is 0. The summed E-state index contributed by atoms with van der Waals surface area (Å²) in [6.07, 6.45) is 2.80. The molecule has 0 aliphatic heterocycles. The SMILES string of the molecule is C[N+](C)(CCCC[SiH3])Cc1ccccc1. The third-order valence-corrected chi connectivity index (χ3v) is 3.53. The van der Waals surface area contributed by atoms with Gasteiger partial charge in [0.05, 0.1) is 20.6 Å². The maximum atomic E-state index is 2.33. The Balaban J connectivity index is 2.42. The molecule has 0 atom stereocenters. The first-order valence-electron chi connectivity index (χ1n) is 6.00. The van der Waals surface area contributed by atoms with Gasteiger partial charge in [0.1, 0.15) is 6.54 Å². The second kappa shape index (κ2) is 6.08. The van der Waals surface area contributed by atoms with E-state index in [1.54, 1.807) is 0 Å². The molecule has 1 aromatic rings. The first-order valence-corrected chi connectivity index (χ1v) is 7.41. The highest BCUT2D eigenvalue weighted by Crippen LogP contribution is 2.10. The standard InChI is InChI=1S/C13H24NSi/c1-14(2,10-6-7-11-15)12-13-8-4-3-5-9-13/h3-5,8-9H,6-7,10-12H2,1-2,15H3/q+1. The van der Waals surface area contributed by atoms with E-state index in [0.717, 1.165) is 11.0 Å². The van der Waals surface area contributed by atoms with Crippen LogP contribution in [0.5, 0.6) is 0 Å². The Morgan fingerprint density at radius 1 is 1.07 bits per heavy atom. The zero-order valence-electron chi connectivity index (χ0n) is 10.4. The van der Waals surface area contributed by atoms with Gasteiger partial charge < -0.3 is 4.48 Å². The van der Waals surface area contributed by atoms with Crippen molar-refractivity contribution in [1.29, 1.82) is 0 Å². The predicted octanol–water partition coefficient (Wildman–Crippen LogP) is 1.83. The van der Waals surface area contributed by atoms with E-state index in [4.69, 9.17) is 0 Å². The van der Waals surface area contributed by atoms with Gasteiger partial charge in [-0.25, -0.2) is 0 Å². The molecule has 0 spiro atoms. The topological polar surface area (TPSA) is 0 Å². The van der Waals surface area contributed by atoms with Gasteiger partial charge in [-0.1, -0.05) is 42.8 Å². The van der Waals surface area contributed by atoms with Crippen molar-refractivity contribution in [2.45, 2.75) is 25.4 Å². The summed E-state index contributed by atoms with van der Waals surface area (Å²) < 4.78 is 1.12. The van der Waals surface area contributed by atoms with Gasteiger partial charge in [-0.3, -0.25) is 0 Å². The average Bonchev–Trinajstić information content (AvgIpc) is 2.18. The largest absolute Gasteiger partial charge is 0.325 e. The molecule has 15 heavy (non-hydrogen) atoms. The van der Waals surface area contributed by atoms with E-state index in [-0.39, 0.29) is 0 Å². The molecule has 0 radical (unpaired) electrons. The van der Waals surface area contributed by atoms with Crippen molar-refractivity contribution in [3.05, 3.63) is 35.9 Å². The van der Waals surface area contributed by atoms with Gasteiger partial charge in [0.25, 0.3) is 0 Å². The van der Waals surface area contributed by atoms with Gasteiger partial charge in [-0.15, -0.1) is 0 Å². The van der Waals surface area contributed by atoms with Gasteiger partial charge in [0.15, 0.2) is 0 Å². The summed E-state index contributed by atoms with van der Waals surface area (Å²) in [5.41, 5.74) is 1.45. The average molecular weight is 222 g/mol. The lowest BCUT2D eigenvalue weighted by Crippen LogP contribution is -2.39. The molecule has 0 N–H and O–H groups in total. The second-order valence-corrected chi connectivity index (χ2v) is 6.01. The fraction of sp³-hybridized carbons (Fsp3) is 0.538. The molecule has 1 aromatic carbocycles. The first kappa shape index (κ1) is 12.5. The first-order chi connectivity index (χ1) is 7.14. The summed E-state index contributed by atoms with van der Waals surface area (Å²) >= 11 is 0. The zero-order chi connectivity index (χ0) is 11.1. The molecule has 0 fully saturated rings. The van der Waals surface area contributed by atoms with Crippen LogP contribution in [0.1, 0.15) is 18.4 Å². The van der Waals surface area contributed by atoms with Gasteiger partial charge in [0.2, 0.25) is 0 Å². The summed E-state index contributed by atoms with van der Waals surface area (Å²) in [6.45, 7) is 2.46. The summed E-state index contributed by atoms with van der Waals surface area (Å²) in [6, 6.07) is 12.3. The molecule has 0 saturated heterocycles. The van der Waals surface area contributed by atoms with E-state index < -0.39 is 0 Å². The van der Waals surface area contributed by atoms with Crippen LogP contribution < -0.4 is 0 Å². The van der Waals surface area contributed by atoms with Crippen LogP contribution >= 0.6 is 0 Å². The Labute approximate surface area is 97.1 Å². The maximum Gasteiger partial charge on any atom is 0.104 e. The predicted molar refractivity (Wildman–Crippen MR) is 71.1 cm³/mol. The number of nitrogens with zero attached hydrogens (tertiary/aromatic N) is 1. The van der Waals surface area contributed by atoms with Crippen LogP contribution in [0.3, 0.4) is 0 Å². The monoisotopic (exact) mass is 222 g/mol. The molecule has 0 aromatic heterocycles. The minimum Gasteiger partial charge on any atom is -0.325 e. The number of quaternary nitrogens is 1. The quantitative estimate of drug-likeness (QED) is 0.391. The van der Waals surface area contributed by atoms with Crippen LogP contribution in [-0.2, 0) is 6.54 Å². The molecule has 84 valence electrons. The van der Waals surface area contributed by atoms with E-state index in [2.05, 4.69) is 44.4 Å². The van der Waals surface area contributed by atoms with E-state index in [0.29, 0.717) is 0 Å². The molecule has 0 unspecified atom stereocenters. The van der Waals surface area contributed by atoms with Crippen molar-refractivity contribution >= 4 is 10.2 Å². The normalized spacial score (nSPS) is 11.9. The Morgan fingerprint density at radius 3 is 2.33 bits per heavy atom. The second-order valence-electron chi connectivity index (χ2n) is 5.01. The summed E-state index contributed by atoms with van der Waals surface area (Å²) in [4.78, 5) is 0. The van der Waals surface area contributed by atoms with Crippen LogP contribution in [0.2, 0.25) is 6.04 Å². The molecule has 2 heteroatoms. The van der Waals surface area contributed by atoms with E-state index in [1.165, 1.54) is 41.2 Å². The fourth-order valence-electron chi connectivity index (χ4n) is 1.95. The highest BCUT2D eigenvalue weighted by atomic mass is 28.1. The molecular formula is C13H24NSi+. The van der Waals surface area contributed by atoms with Crippen molar-refractivity contribution in [3.63, 3.8) is 0 Å². The molecule has 0 heterocycles. The molecule has 0 amide bonds. The number of unbranched alkanes of at least 4 members (excludes halogenated alkanes) is 1. The molecule has 1 rings (SSSR count). The molecular weight excluding hydrogens is 198 g/mol. The lowest BCUT2D eigenvalue weighted by atomic mass is 10.2. The van der Waals surface area contributed by atoms with Crippen molar-refractivity contribution in [3.8, 4) is 0 Å². The minimum atomic E-state index is 1.12. The van der Waals surface area contributed by atoms with Crippen LogP contribution in [0.15, 0.2) is 30.3 Å². The van der Waals surface area contributed by atoms with Gasteiger partial charge >= 0.3 is 0 Å².